The molecule has 0 fully saturated rings. The van der Waals surface area contributed by atoms with E-state index in [4.69, 9.17) is 0 Å². The summed E-state index contributed by atoms with van der Waals surface area (Å²) in [6.07, 6.45) is 0.520. The molecule has 1 amide bonds. The van der Waals surface area contributed by atoms with E-state index in [0.29, 0.717) is 24.0 Å². The molecule has 1 aromatic heterocycles. The molecule has 0 aliphatic heterocycles. The molecule has 7 nitrogen and oxygen atoms in total. The molecule has 3 aromatic rings. The number of rotatable bonds is 3. The molecule has 3 N–H and O–H groups in total. The van der Waals surface area contributed by atoms with Gasteiger partial charge in [-0.25, -0.2) is 4.79 Å². The van der Waals surface area contributed by atoms with Gasteiger partial charge >= 0.3 is 6.03 Å². The Balaban J connectivity index is 1.64. The number of fused-ring (bicyclic) bond motifs is 1. The first kappa shape index (κ1) is 13.9. The summed E-state index contributed by atoms with van der Waals surface area (Å²) in [5.74, 6) is -0.340. The van der Waals surface area contributed by atoms with Gasteiger partial charge in [0.25, 0.3) is 0 Å². The molecule has 22 heavy (non-hydrogen) atoms. The first-order chi connectivity index (χ1) is 10.6. The smallest absolute Gasteiger partial charge is 0.344 e. The molecule has 7 heteroatoms. The van der Waals surface area contributed by atoms with Crippen molar-refractivity contribution in [2.75, 3.05) is 6.54 Å². The zero-order valence-corrected chi connectivity index (χ0v) is 11.6. The number of aromatic nitrogens is 3. The lowest BCUT2D eigenvalue weighted by Crippen LogP contribution is -2.31. The number of carbonyl (C=O) groups is 1. The van der Waals surface area contributed by atoms with Crippen molar-refractivity contribution in [1.29, 1.82) is 0 Å². The Morgan fingerprint density at radius 2 is 1.95 bits per heavy atom. The third kappa shape index (κ3) is 2.69. The van der Waals surface area contributed by atoms with Gasteiger partial charge < -0.3 is 15.5 Å². The average molecular weight is 298 g/mol. The molecule has 0 saturated carbocycles. The average Bonchev–Trinajstić information content (AvgIpc) is 2.95. The fourth-order valence-corrected chi connectivity index (χ4v) is 2.13. The van der Waals surface area contributed by atoms with Gasteiger partial charge in [0.05, 0.1) is 5.52 Å². The lowest BCUT2D eigenvalue weighted by molar-refractivity contribution is 0.240. The number of phenols is 2. The summed E-state index contributed by atoms with van der Waals surface area (Å²) in [5, 5.41) is 29.1. The van der Waals surface area contributed by atoms with E-state index in [1.165, 1.54) is 16.8 Å². The van der Waals surface area contributed by atoms with Crippen molar-refractivity contribution in [3.8, 4) is 11.5 Å². The van der Waals surface area contributed by atoms with Crippen LogP contribution in [0.1, 0.15) is 5.56 Å². The SMILES string of the molecule is O=C(NCCc1ccc(O)c(O)c1)n1nnc2ccccc21. The third-order valence-electron chi connectivity index (χ3n) is 3.27. The van der Waals surface area contributed by atoms with E-state index in [9.17, 15) is 15.0 Å². The summed E-state index contributed by atoms with van der Waals surface area (Å²) in [7, 11) is 0. The molecule has 0 bridgehead atoms. The Morgan fingerprint density at radius 3 is 2.77 bits per heavy atom. The van der Waals surface area contributed by atoms with E-state index in [1.54, 1.807) is 18.2 Å². The molecule has 1 heterocycles. The molecular weight excluding hydrogens is 284 g/mol. The molecule has 2 aromatic carbocycles. The Hall–Kier alpha value is -3.09. The Morgan fingerprint density at radius 1 is 1.14 bits per heavy atom. The standard InChI is InChI=1S/C15H14N4O3/c20-13-6-5-10(9-14(13)21)7-8-16-15(22)19-12-4-2-1-3-11(12)17-18-19/h1-6,9,20-21H,7-8H2,(H,16,22). The quantitative estimate of drug-likeness (QED) is 0.638. The first-order valence-corrected chi connectivity index (χ1v) is 6.74. The zero-order chi connectivity index (χ0) is 15.5. The molecule has 0 radical (unpaired) electrons. The summed E-state index contributed by atoms with van der Waals surface area (Å²) in [6.45, 7) is 0.372. The van der Waals surface area contributed by atoms with Crippen LogP contribution in [-0.4, -0.2) is 37.8 Å². The topological polar surface area (TPSA) is 100 Å². The first-order valence-electron chi connectivity index (χ1n) is 6.74. The molecule has 0 unspecified atom stereocenters. The van der Waals surface area contributed by atoms with Gasteiger partial charge in [0.1, 0.15) is 5.52 Å². The highest BCUT2D eigenvalue weighted by molar-refractivity contribution is 5.87. The van der Waals surface area contributed by atoms with E-state index >= 15 is 0 Å². The minimum Gasteiger partial charge on any atom is -0.504 e. The molecule has 0 atom stereocenters. The van der Waals surface area contributed by atoms with Crippen LogP contribution in [0.2, 0.25) is 0 Å². The number of carbonyl (C=O) groups excluding carboxylic acids is 1. The predicted molar refractivity (Wildman–Crippen MR) is 79.8 cm³/mol. The molecule has 0 aliphatic rings. The summed E-state index contributed by atoms with van der Waals surface area (Å²) < 4.78 is 1.21. The molecule has 3 rings (SSSR count). The van der Waals surface area contributed by atoms with E-state index in [0.717, 1.165) is 5.56 Å². The van der Waals surface area contributed by atoms with Crippen molar-refractivity contribution in [2.45, 2.75) is 6.42 Å². The highest BCUT2D eigenvalue weighted by Crippen LogP contribution is 2.24. The van der Waals surface area contributed by atoms with Crippen molar-refractivity contribution in [1.82, 2.24) is 20.3 Å². The Kier molecular flexibility index (Phi) is 3.61. The molecule has 0 aliphatic carbocycles. The van der Waals surface area contributed by atoms with Crippen LogP contribution in [0.5, 0.6) is 11.5 Å². The van der Waals surface area contributed by atoms with Gasteiger partial charge in [-0.15, -0.1) is 5.10 Å². The highest BCUT2D eigenvalue weighted by Gasteiger charge is 2.10. The van der Waals surface area contributed by atoms with Gasteiger partial charge in [0, 0.05) is 6.54 Å². The summed E-state index contributed by atoms with van der Waals surface area (Å²) in [5.41, 5.74) is 2.10. The number of phenolic OH excluding ortho intramolecular Hbond substituents is 2. The Bertz CT molecular complexity index is 829. The number of benzene rings is 2. The van der Waals surface area contributed by atoms with Crippen LogP contribution in [0.15, 0.2) is 42.5 Å². The summed E-state index contributed by atoms with van der Waals surface area (Å²) >= 11 is 0. The summed E-state index contributed by atoms with van der Waals surface area (Å²) in [6, 6.07) is 11.4. The van der Waals surface area contributed by atoms with E-state index in [2.05, 4.69) is 15.6 Å². The second kappa shape index (κ2) is 5.72. The van der Waals surface area contributed by atoms with Crippen LogP contribution in [-0.2, 0) is 6.42 Å². The maximum atomic E-state index is 12.1. The minimum absolute atomic E-state index is 0.165. The van der Waals surface area contributed by atoms with Gasteiger partial charge in [-0.2, -0.15) is 4.68 Å². The van der Waals surface area contributed by atoms with E-state index in [1.807, 2.05) is 12.1 Å². The van der Waals surface area contributed by atoms with Crippen LogP contribution in [0, 0.1) is 0 Å². The largest absolute Gasteiger partial charge is 0.504 e. The van der Waals surface area contributed by atoms with Crippen molar-refractivity contribution in [3.63, 3.8) is 0 Å². The number of hydrogen-bond donors (Lipinski definition) is 3. The van der Waals surface area contributed by atoms with Crippen LogP contribution in [0.25, 0.3) is 11.0 Å². The second-order valence-electron chi connectivity index (χ2n) is 4.79. The fourth-order valence-electron chi connectivity index (χ4n) is 2.13. The van der Waals surface area contributed by atoms with E-state index in [-0.39, 0.29) is 17.5 Å². The van der Waals surface area contributed by atoms with Crippen molar-refractivity contribution < 1.29 is 15.0 Å². The monoisotopic (exact) mass is 298 g/mol. The van der Waals surface area contributed by atoms with Gasteiger partial charge in [0.15, 0.2) is 11.5 Å². The van der Waals surface area contributed by atoms with Crippen molar-refractivity contribution >= 4 is 17.1 Å². The van der Waals surface area contributed by atoms with Crippen LogP contribution >= 0.6 is 0 Å². The number of nitrogens with one attached hydrogen (secondary N) is 1. The minimum atomic E-state index is -0.364. The summed E-state index contributed by atoms with van der Waals surface area (Å²) in [4.78, 5) is 12.1. The number of para-hydroxylation sites is 1. The number of hydrogen-bond acceptors (Lipinski definition) is 5. The molecule has 0 spiro atoms. The zero-order valence-electron chi connectivity index (χ0n) is 11.6. The maximum Gasteiger partial charge on any atom is 0.344 e. The van der Waals surface area contributed by atoms with Crippen molar-refractivity contribution in [3.05, 3.63) is 48.0 Å². The highest BCUT2D eigenvalue weighted by atomic mass is 16.3. The molecular formula is C15H14N4O3. The maximum absolute atomic E-state index is 12.1. The molecule has 112 valence electrons. The van der Waals surface area contributed by atoms with Gasteiger partial charge in [-0.05, 0) is 36.2 Å². The van der Waals surface area contributed by atoms with E-state index < -0.39 is 0 Å². The number of aromatic hydroxyl groups is 2. The number of amides is 1. The van der Waals surface area contributed by atoms with Crippen LogP contribution in [0.3, 0.4) is 0 Å². The Labute approximate surface area is 125 Å². The van der Waals surface area contributed by atoms with Crippen LogP contribution < -0.4 is 5.32 Å². The molecule has 0 saturated heterocycles. The lowest BCUT2D eigenvalue weighted by atomic mass is 10.1. The van der Waals surface area contributed by atoms with Crippen molar-refractivity contribution in [2.24, 2.45) is 0 Å². The second-order valence-corrected chi connectivity index (χ2v) is 4.79. The van der Waals surface area contributed by atoms with Gasteiger partial charge in [-0.1, -0.05) is 23.4 Å². The number of nitrogens with zero attached hydrogens (tertiary/aromatic N) is 3. The predicted octanol–water partition coefficient (Wildman–Crippen LogP) is 1.64. The van der Waals surface area contributed by atoms with Gasteiger partial charge in [-0.3, -0.25) is 0 Å². The third-order valence-corrected chi connectivity index (χ3v) is 3.27. The lowest BCUT2D eigenvalue weighted by Gasteiger charge is -2.06. The van der Waals surface area contributed by atoms with Crippen LogP contribution in [0.4, 0.5) is 4.79 Å². The fraction of sp³-hybridized carbons (Fsp3) is 0.133. The normalized spacial score (nSPS) is 10.7. The van der Waals surface area contributed by atoms with Gasteiger partial charge in [0.2, 0.25) is 0 Å².